The number of anilines is 1. The quantitative estimate of drug-likeness (QED) is 0.397. The first kappa shape index (κ1) is 20.2. The minimum atomic E-state index is -1.01. The third kappa shape index (κ3) is 5.08. The predicted molar refractivity (Wildman–Crippen MR) is 116 cm³/mol. The molecule has 156 valence electrons. The van der Waals surface area contributed by atoms with Crippen LogP contribution in [-0.2, 0) is 17.6 Å². The highest BCUT2D eigenvalue weighted by Gasteiger charge is 2.22. The topological polar surface area (TPSA) is 108 Å². The summed E-state index contributed by atoms with van der Waals surface area (Å²) in [5.74, 6) is 0.0805. The fraction of sp³-hybridized carbons (Fsp3) is 0.125. The van der Waals surface area contributed by atoms with Crippen LogP contribution in [0.1, 0.15) is 17.0 Å². The lowest BCUT2D eigenvalue weighted by atomic mass is 10.1. The van der Waals surface area contributed by atoms with Gasteiger partial charge in [-0.15, -0.1) is 0 Å². The van der Waals surface area contributed by atoms with Gasteiger partial charge in [0, 0.05) is 18.4 Å². The predicted octanol–water partition coefficient (Wildman–Crippen LogP) is 4.14. The Hall–Kier alpha value is -4.13. The number of rotatable bonds is 8. The van der Waals surface area contributed by atoms with Crippen LogP contribution in [0.4, 0.5) is 5.82 Å². The zero-order valence-electron chi connectivity index (χ0n) is 16.6. The van der Waals surface area contributed by atoms with E-state index < -0.39 is 12.0 Å². The maximum atomic E-state index is 11.8. The molecule has 7 nitrogen and oxygen atoms in total. The lowest BCUT2D eigenvalue weighted by Crippen LogP contribution is -2.32. The van der Waals surface area contributed by atoms with Gasteiger partial charge in [0.05, 0.1) is 23.8 Å². The Balaban J connectivity index is 1.68. The number of phenolic OH excluding ortho intramolecular Hbond substituents is 1. The Morgan fingerprint density at radius 2 is 1.90 bits per heavy atom. The molecule has 0 amide bonds. The molecule has 1 atom stereocenters. The summed E-state index contributed by atoms with van der Waals surface area (Å²) in [4.78, 5) is 21.1. The van der Waals surface area contributed by atoms with Crippen LogP contribution in [0.3, 0.4) is 0 Å². The van der Waals surface area contributed by atoms with Crippen LogP contribution in [-0.4, -0.2) is 32.2 Å². The lowest BCUT2D eigenvalue weighted by molar-refractivity contribution is -0.138. The van der Waals surface area contributed by atoms with Gasteiger partial charge in [0.1, 0.15) is 23.4 Å². The second kappa shape index (κ2) is 9.13. The molecule has 31 heavy (non-hydrogen) atoms. The summed E-state index contributed by atoms with van der Waals surface area (Å²) in [7, 11) is 0. The Bertz CT molecular complexity index is 1160. The number of aromatic nitrogens is 2. The van der Waals surface area contributed by atoms with Gasteiger partial charge < -0.3 is 19.9 Å². The molecule has 7 heteroatoms. The average Bonchev–Trinajstić information content (AvgIpc) is 3.28. The number of hydrogen-bond acceptors (Lipinski definition) is 6. The van der Waals surface area contributed by atoms with Gasteiger partial charge in [-0.2, -0.15) is 0 Å². The van der Waals surface area contributed by atoms with Gasteiger partial charge in [-0.3, -0.25) is 0 Å². The van der Waals surface area contributed by atoms with Crippen molar-refractivity contribution in [3.63, 3.8) is 0 Å². The highest BCUT2D eigenvalue weighted by Crippen LogP contribution is 2.25. The van der Waals surface area contributed by atoms with Crippen molar-refractivity contribution in [2.24, 2.45) is 0 Å². The molecule has 0 aliphatic heterocycles. The fourth-order valence-corrected chi connectivity index (χ4v) is 3.26. The van der Waals surface area contributed by atoms with Crippen molar-refractivity contribution in [2.45, 2.75) is 18.9 Å². The van der Waals surface area contributed by atoms with Gasteiger partial charge in [0.25, 0.3) is 0 Å². The van der Waals surface area contributed by atoms with Crippen molar-refractivity contribution in [1.29, 1.82) is 0 Å². The van der Waals surface area contributed by atoms with Gasteiger partial charge in [-0.05, 0) is 29.8 Å². The van der Waals surface area contributed by atoms with Crippen LogP contribution < -0.4 is 5.32 Å². The summed E-state index contributed by atoms with van der Waals surface area (Å²) < 4.78 is 5.30. The highest BCUT2D eigenvalue weighted by molar-refractivity contribution is 5.77. The Labute approximate surface area is 179 Å². The summed E-state index contributed by atoms with van der Waals surface area (Å²) in [6.45, 7) is 0. The van der Waals surface area contributed by atoms with Gasteiger partial charge >= 0.3 is 5.97 Å². The number of carboxylic acids is 1. The molecule has 0 spiro atoms. The molecule has 0 radical (unpaired) electrons. The molecule has 0 aliphatic rings. The van der Waals surface area contributed by atoms with Crippen LogP contribution in [0.25, 0.3) is 11.3 Å². The summed E-state index contributed by atoms with van der Waals surface area (Å²) >= 11 is 0. The summed E-state index contributed by atoms with van der Waals surface area (Å²) in [6.07, 6.45) is 3.72. The SMILES string of the molecule is O=C(O)C(Cc1ccco1)Nc1ncc(-c2cccc(O)c2)nc1Cc1ccccc1. The number of nitrogens with one attached hydrogen (secondary N) is 1. The number of carboxylic acid groups (broad SMARTS) is 1. The average molecular weight is 415 g/mol. The van der Waals surface area contributed by atoms with Crippen molar-refractivity contribution in [3.8, 4) is 17.0 Å². The summed E-state index contributed by atoms with van der Waals surface area (Å²) in [5.41, 5.74) is 2.94. The van der Waals surface area contributed by atoms with Crippen LogP contribution >= 0.6 is 0 Å². The summed E-state index contributed by atoms with van der Waals surface area (Å²) in [5, 5.41) is 22.5. The van der Waals surface area contributed by atoms with E-state index in [1.54, 1.807) is 36.5 Å². The molecule has 2 aromatic heterocycles. The van der Waals surface area contributed by atoms with E-state index in [9.17, 15) is 15.0 Å². The number of aliphatic carboxylic acids is 1. The van der Waals surface area contributed by atoms with E-state index in [0.29, 0.717) is 29.4 Å². The Morgan fingerprint density at radius 1 is 1.06 bits per heavy atom. The molecule has 0 aliphatic carbocycles. The smallest absolute Gasteiger partial charge is 0.326 e. The molecular formula is C24H21N3O4. The second-order valence-electron chi connectivity index (χ2n) is 7.08. The molecule has 3 N–H and O–H groups in total. The van der Waals surface area contributed by atoms with Crippen LogP contribution in [0.15, 0.2) is 83.6 Å². The fourth-order valence-electron chi connectivity index (χ4n) is 3.26. The minimum Gasteiger partial charge on any atom is -0.508 e. The summed E-state index contributed by atoms with van der Waals surface area (Å²) in [6, 6.07) is 19.1. The molecule has 0 saturated heterocycles. The molecule has 0 saturated carbocycles. The van der Waals surface area contributed by atoms with E-state index in [4.69, 9.17) is 9.40 Å². The molecule has 2 aromatic carbocycles. The molecule has 4 aromatic rings. The lowest BCUT2D eigenvalue weighted by Gasteiger charge is -2.17. The minimum absolute atomic E-state index is 0.135. The number of benzene rings is 2. The Morgan fingerprint density at radius 3 is 2.61 bits per heavy atom. The van der Waals surface area contributed by atoms with E-state index in [1.807, 2.05) is 36.4 Å². The second-order valence-corrected chi connectivity index (χ2v) is 7.08. The van der Waals surface area contributed by atoms with Gasteiger partial charge in [-0.1, -0.05) is 42.5 Å². The molecular weight excluding hydrogens is 394 g/mol. The third-order valence-electron chi connectivity index (χ3n) is 4.80. The normalized spacial score (nSPS) is 11.7. The number of furan rings is 1. The van der Waals surface area contributed by atoms with Crippen LogP contribution in [0.2, 0.25) is 0 Å². The molecule has 0 bridgehead atoms. The standard InChI is InChI=1S/C24H21N3O4/c28-18-9-4-8-17(13-18)22-15-25-23(20(26-22)12-16-6-2-1-3-7-16)27-21(24(29)30)14-19-10-5-11-31-19/h1-11,13,15,21,28H,12,14H2,(H,25,27)(H,29,30). The zero-order valence-corrected chi connectivity index (χ0v) is 16.6. The van der Waals surface area contributed by atoms with E-state index in [0.717, 1.165) is 11.1 Å². The van der Waals surface area contributed by atoms with E-state index in [-0.39, 0.29) is 12.2 Å². The van der Waals surface area contributed by atoms with Gasteiger partial charge in [-0.25, -0.2) is 14.8 Å². The van der Waals surface area contributed by atoms with Crippen molar-refractivity contribution in [1.82, 2.24) is 9.97 Å². The van der Waals surface area contributed by atoms with Crippen LogP contribution in [0, 0.1) is 0 Å². The highest BCUT2D eigenvalue weighted by atomic mass is 16.4. The monoisotopic (exact) mass is 415 g/mol. The van der Waals surface area contributed by atoms with Crippen molar-refractivity contribution < 1.29 is 19.4 Å². The number of aromatic hydroxyl groups is 1. The largest absolute Gasteiger partial charge is 0.508 e. The first-order valence-corrected chi connectivity index (χ1v) is 9.79. The van der Waals surface area contributed by atoms with Gasteiger partial charge in [0.2, 0.25) is 0 Å². The first-order valence-electron chi connectivity index (χ1n) is 9.79. The van der Waals surface area contributed by atoms with Crippen molar-refractivity contribution in [3.05, 3.63) is 96.2 Å². The number of hydrogen-bond donors (Lipinski definition) is 3. The third-order valence-corrected chi connectivity index (χ3v) is 4.80. The van der Waals surface area contributed by atoms with E-state index in [2.05, 4.69) is 10.3 Å². The number of nitrogens with zero attached hydrogens (tertiary/aromatic N) is 2. The maximum Gasteiger partial charge on any atom is 0.326 e. The number of carbonyl (C=O) groups is 1. The van der Waals surface area contributed by atoms with E-state index >= 15 is 0 Å². The Kier molecular flexibility index (Phi) is 5.93. The molecule has 4 rings (SSSR count). The molecule has 2 heterocycles. The van der Waals surface area contributed by atoms with Crippen molar-refractivity contribution >= 4 is 11.8 Å². The first-order chi connectivity index (χ1) is 15.1. The molecule has 0 fully saturated rings. The van der Waals surface area contributed by atoms with E-state index in [1.165, 1.54) is 6.26 Å². The van der Waals surface area contributed by atoms with Crippen molar-refractivity contribution in [2.75, 3.05) is 5.32 Å². The number of phenols is 1. The maximum absolute atomic E-state index is 11.8. The molecule has 1 unspecified atom stereocenters. The zero-order chi connectivity index (χ0) is 21.6. The van der Waals surface area contributed by atoms with Gasteiger partial charge in [0.15, 0.2) is 0 Å². The van der Waals surface area contributed by atoms with Crippen LogP contribution in [0.5, 0.6) is 5.75 Å².